The molecule has 0 aliphatic heterocycles. The summed E-state index contributed by atoms with van der Waals surface area (Å²) in [5, 5.41) is 4.60. The summed E-state index contributed by atoms with van der Waals surface area (Å²) in [4.78, 5) is 8.67. The van der Waals surface area contributed by atoms with Crippen LogP contribution in [-0.2, 0) is 11.3 Å². The number of rotatable bonds is 6. The van der Waals surface area contributed by atoms with Crippen molar-refractivity contribution in [2.75, 3.05) is 23.2 Å². The van der Waals surface area contributed by atoms with Crippen molar-refractivity contribution < 1.29 is 4.74 Å². The van der Waals surface area contributed by atoms with Crippen molar-refractivity contribution in [1.29, 1.82) is 0 Å². The van der Waals surface area contributed by atoms with Crippen LogP contribution in [-0.4, -0.2) is 17.1 Å². The Labute approximate surface area is 146 Å². The van der Waals surface area contributed by atoms with Crippen LogP contribution in [0.3, 0.4) is 0 Å². The van der Waals surface area contributed by atoms with Crippen molar-refractivity contribution >= 4 is 28.8 Å². The average Bonchev–Trinajstić information content (AvgIpc) is 2.64. The Balaban J connectivity index is 1.85. The first kappa shape index (κ1) is 16.7. The van der Waals surface area contributed by atoms with Crippen molar-refractivity contribution in [1.82, 2.24) is 9.97 Å². The van der Waals surface area contributed by atoms with E-state index in [0.717, 1.165) is 16.9 Å². The lowest BCUT2D eigenvalue weighted by atomic mass is 10.2. The maximum atomic E-state index is 6.16. The molecule has 128 valence electrons. The van der Waals surface area contributed by atoms with E-state index >= 15 is 0 Å². The van der Waals surface area contributed by atoms with E-state index in [1.54, 1.807) is 7.11 Å². The molecule has 0 atom stereocenters. The summed E-state index contributed by atoms with van der Waals surface area (Å²) in [5.74, 6) is 7.00. The topological polar surface area (TPSA) is 102 Å². The summed E-state index contributed by atoms with van der Waals surface area (Å²) in [5.41, 5.74) is 9.07. The SMILES string of the molecule is COCc1cccc(Nc2ncc(N)c(N(N)c3ccccc3)n2)c1. The fourth-order valence-corrected chi connectivity index (χ4v) is 2.38. The number of hydrogen-bond donors (Lipinski definition) is 3. The molecule has 0 fully saturated rings. The molecule has 0 aliphatic rings. The third-order valence-electron chi connectivity index (χ3n) is 3.55. The number of ether oxygens (including phenoxy) is 1. The van der Waals surface area contributed by atoms with E-state index in [2.05, 4.69) is 15.3 Å². The smallest absolute Gasteiger partial charge is 0.229 e. The van der Waals surface area contributed by atoms with Crippen LogP contribution < -0.4 is 21.9 Å². The number of hydrogen-bond acceptors (Lipinski definition) is 7. The minimum atomic E-state index is 0.394. The number of methoxy groups -OCH3 is 1. The molecule has 3 aromatic rings. The van der Waals surface area contributed by atoms with Gasteiger partial charge in [-0.15, -0.1) is 0 Å². The van der Waals surface area contributed by atoms with Gasteiger partial charge in [-0.25, -0.2) is 10.8 Å². The molecule has 0 unspecified atom stereocenters. The molecular weight excluding hydrogens is 316 g/mol. The summed E-state index contributed by atoms with van der Waals surface area (Å²) in [6.07, 6.45) is 1.53. The molecule has 0 aliphatic carbocycles. The fraction of sp³-hybridized carbons (Fsp3) is 0.111. The number of nitrogens with two attached hydrogens (primary N) is 2. The normalized spacial score (nSPS) is 10.5. The first-order valence-corrected chi connectivity index (χ1v) is 7.74. The number of anilines is 5. The molecule has 0 amide bonds. The highest BCUT2D eigenvalue weighted by atomic mass is 16.5. The predicted octanol–water partition coefficient (Wildman–Crippen LogP) is 2.96. The highest BCUT2D eigenvalue weighted by molar-refractivity contribution is 5.71. The van der Waals surface area contributed by atoms with Crippen LogP contribution in [0.4, 0.5) is 28.8 Å². The van der Waals surface area contributed by atoms with Crippen molar-refractivity contribution in [3.63, 3.8) is 0 Å². The number of hydrazine groups is 1. The summed E-state index contributed by atoms with van der Waals surface area (Å²) in [7, 11) is 1.66. The second-order valence-electron chi connectivity index (χ2n) is 5.44. The number of para-hydroxylation sites is 1. The Morgan fingerprint density at radius 3 is 2.68 bits per heavy atom. The van der Waals surface area contributed by atoms with Crippen molar-refractivity contribution in [3.8, 4) is 0 Å². The quantitative estimate of drug-likeness (QED) is 0.470. The number of nitrogens with one attached hydrogen (secondary N) is 1. The molecule has 0 bridgehead atoms. The van der Waals surface area contributed by atoms with Crippen LogP contribution in [0.1, 0.15) is 5.56 Å². The Hall–Kier alpha value is -3.16. The molecule has 0 saturated heterocycles. The van der Waals surface area contributed by atoms with Crippen LogP contribution in [0, 0.1) is 0 Å². The van der Waals surface area contributed by atoms with Crippen LogP contribution in [0.25, 0.3) is 0 Å². The summed E-state index contributed by atoms with van der Waals surface area (Å²) >= 11 is 0. The molecule has 25 heavy (non-hydrogen) atoms. The van der Waals surface area contributed by atoms with Gasteiger partial charge >= 0.3 is 0 Å². The van der Waals surface area contributed by atoms with Gasteiger partial charge in [0, 0.05) is 12.8 Å². The van der Waals surface area contributed by atoms with E-state index in [4.69, 9.17) is 16.3 Å². The van der Waals surface area contributed by atoms with Crippen LogP contribution in [0.15, 0.2) is 60.8 Å². The lowest BCUT2D eigenvalue weighted by Gasteiger charge is -2.19. The van der Waals surface area contributed by atoms with E-state index in [1.807, 2.05) is 54.6 Å². The third-order valence-corrected chi connectivity index (χ3v) is 3.55. The van der Waals surface area contributed by atoms with E-state index in [-0.39, 0.29) is 0 Å². The van der Waals surface area contributed by atoms with Gasteiger partial charge in [0.05, 0.1) is 24.2 Å². The zero-order valence-corrected chi connectivity index (χ0v) is 13.9. The average molecular weight is 336 g/mol. The number of benzene rings is 2. The molecule has 2 aromatic carbocycles. The minimum Gasteiger partial charge on any atom is -0.394 e. The third kappa shape index (κ3) is 4.03. The second kappa shape index (κ2) is 7.61. The lowest BCUT2D eigenvalue weighted by Crippen LogP contribution is -2.27. The van der Waals surface area contributed by atoms with E-state index in [0.29, 0.717) is 24.1 Å². The van der Waals surface area contributed by atoms with E-state index < -0.39 is 0 Å². The molecule has 1 aromatic heterocycles. The standard InChI is InChI=1S/C18H20N6O/c1-25-12-13-6-5-7-14(10-13)22-18-21-11-16(19)17(23-18)24(20)15-8-3-2-4-9-15/h2-11H,12,19-20H2,1H3,(H,21,22,23). The van der Waals surface area contributed by atoms with Crippen LogP contribution in [0.5, 0.6) is 0 Å². The minimum absolute atomic E-state index is 0.394. The molecule has 7 heteroatoms. The van der Waals surface area contributed by atoms with Crippen molar-refractivity contribution in [3.05, 3.63) is 66.4 Å². The Kier molecular flexibility index (Phi) is 5.08. The fourth-order valence-electron chi connectivity index (χ4n) is 2.38. The molecule has 0 spiro atoms. The van der Waals surface area contributed by atoms with Crippen LogP contribution in [0.2, 0.25) is 0 Å². The van der Waals surface area contributed by atoms with Gasteiger partial charge in [0.15, 0.2) is 5.82 Å². The molecule has 7 nitrogen and oxygen atoms in total. The largest absolute Gasteiger partial charge is 0.394 e. The number of aromatic nitrogens is 2. The molecule has 3 rings (SSSR count). The summed E-state index contributed by atoms with van der Waals surface area (Å²) in [6.45, 7) is 0.536. The predicted molar refractivity (Wildman–Crippen MR) is 99.7 cm³/mol. The molecule has 0 radical (unpaired) electrons. The maximum Gasteiger partial charge on any atom is 0.229 e. The van der Waals surface area contributed by atoms with Crippen LogP contribution >= 0.6 is 0 Å². The molecular formula is C18H20N6O. The zero-order valence-electron chi connectivity index (χ0n) is 13.9. The second-order valence-corrected chi connectivity index (χ2v) is 5.44. The summed E-state index contributed by atoms with van der Waals surface area (Å²) in [6, 6.07) is 17.3. The maximum absolute atomic E-state index is 6.16. The van der Waals surface area contributed by atoms with Gasteiger partial charge in [0.25, 0.3) is 0 Å². The highest BCUT2D eigenvalue weighted by Crippen LogP contribution is 2.26. The van der Waals surface area contributed by atoms with Crippen molar-refractivity contribution in [2.24, 2.45) is 5.84 Å². The van der Waals surface area contributed by atoms with Gasteiger partial charge in [-0.05, 0) is 29.8 Å². The van der Waals surface area contributed by atoms with Gasteiger partial charge in [-0.3, -0.25) is 5.01 Å². The van der Waals surface area contributed by atoms with Gasteiger partial charge in [-0.2, -0.15) is 4.98 Å². The van der Waals surface area contributed by atoms with Gasteiger partial charge in [0.2, 0.25) is 5.95 Å². The van der Waals surface area contributed by atoms with E-state index in [9.17, 15) is 0 Å². The monoisotopic (exact) mass is 336 g/mol. The Morgan fingerprint density at radius 2 is 1.92 bits per heavy atom. The van der Waals surface area contributed by atoms with Gasteiger partial charge in [-0.1, -0.05) is 30.3 Å². The van der Waals surface area contributed by atoms with Gasteiger partial charge in [0.1, 0.15) is 0 Å². The van der Waals surface area contributed by atoms with Gasteiger partial charge < -0.3 is 15.8 Å². The summed E-state index contributed by atoms with van der Waals surface area (Å²) < 4.78 is 5.15. The number of nitrogen functional groups attached to an aromatic ring is 1. The zero-order chi connectivity index (χ0) is 17.6. The lowest BCUT2D eigenvalue weighted by molar-refractivity contribution is 0.185. The first-order chi connectivity index (χ1) is 12.2. The van der Waals surface area contributed by atoms with Crippen molar-refractivity contribution in [2.45, 2.75) is 6.61 Å². The molecule has 5 N–H and O–H groups in total. The highest BCUT2D eigenvalue weighted by Gasteiger charge is 2.12. The molecule has 1 heterocycles. The Morgan fingerprint density at radius 1 is 1.12 bits per heavy atom. The van der Waals surface area contributed by atoms with E-state index in [1.165, 1.54) is 11.2 Å². The number of nitrogens with zero attached hydrogens (tertiary/aromatic N) is 3. The molecule has 0 saturated carbocycles. The Bertz CT molecular complexity index is 840. The first-order valence-electron chi connectivity index (χ1n) is 7.74.